The summed E-state index contributed by atoms with van der Waals surface area (Å²) in [6.07, 6.45) is 2.93. The predicted molar refractivity (Wildman–Crippen MR) is 119 cm³/mol. The van der Waals surface area contributed by atoms with E-state index in [1.54, 1.807) is 4.90 Å². The fourth-order valence-electron chi connectivity index (χ4n) is 3.63. The molecule has 0 spiro atoms. The van der Waals surface area contributed by atoms with Crippen LogP contribution in [0.2, 0.25) is 0 Å². The van der Waals surface area contributed by atoms with Gasteiger partial charge in [0, 0.05) is 0 Å². The van der Waals surface area contributed by atoms with Gasteiger partial charge in [0.15, 0.2) is 0 Å². The van der Waals surface area contributed by atoms with Crippen molar-refractivity contribution in [3.05, 3.63) is 65.4 Å². The van der Waals surface area contributed by atoms with E-state index in [0.29, 0.717) is 5.70 Å². The third-order valence-corrected chi connectivity index (χ3v) is 6.39. The molecule has 0 bridgehead atoms. The zero-order valence-electron chi connectivity index (χ0n) is 16.8. The first-order chi connectivity index (χ1) is 14.1. The standard InChI is InChI=1S/C23H25N3O2Se/c1-3-17-4-10-20(11-5-17)26-22(27)21(24(2)23(26)29)16-18-6-8-19(9-7-18)25-12-14-28-15-13-25/h4-11,16H,3,12-15H2,1-2H3/b21-16+. The van der Waals surface area contributed by atoms with Crippen molar-refractivity contribution in [2.24, 2.45) is 0 Å². The summed E-state index contributed by atoms with van der Waals surface area (Å²) >= 11 is 3.05. The van der Waals surface area contributed by atoms with E-state index in [-0.39, 0.29) is 5.91 Å². The summed E-state index contributed by atoms with van der Waals surface area (Å²) in [6, 6.07) is 16.5. The molecule has 2 saturated heterocycles. The summed E-state index contributed by atoms with van der Waals surface area (Å²) in [5.74, 6) is -0.0252. The zero-order valence-corrected chi connectivity index (χ0v) is 18.5. The average molecular weight is 454 g/mol. The van der Waals surface area contributed by atoms with Crippen molar-refractivity contribution in [3.63, 3.8) is 0 Å². The van der Waals surface area contributed by atoms with Crippen LogP contribution in [-0.2, 0) is 16.0 Å². The second kappa shape index (κ2) is 8.54. The Bertz CT molecular complexity index is 932. The van der Waals surface area contributed by atoms with Crippen LogP contribution in [0, 0.1) is 0 Å². The number of ether oxygens (including phenoxy) is 1. The molecule has 0 aliphatic carbocycles. The molecule has 5 nitrogen and oxygen atoms in total. The quantitative estimate of drug-likeness (QED) is 0.526. The number of likely N-dealkylation sites (N-methyl/N-ethyl adjacent to an activating group) is 1. The molecule has 1 amide bonds. The second-order valence-electron chi connectivity index (χ2n) is 7.22. The number of morpholine rings is 1. The summed E-state index contributed by atoms with van der Waals surface area (Å²) < 4.78 is 6.21. The first-order valence-corrected chi connectivity index (χ1v) is 10.8. The number of carbonyl (C=O) groups excluding carboxylic acids is 1. The maximum absolute atomic E-state index is 13.2. The van der Waals surface area contributed by atoms with Crippen LogP contribution in [0.1, 0.15) is 18.1 Å². The van der Waals surface area contributed by atoms with Crippen molar-refractivity contribution in [1.82, 2.24) is 4.90 Å². The van der Waals surface area contributed by atoms with Gasteiger partial charge in [0.1, 0.15) is 0 Å². The molecule has 2 aliphatic rings. The normalized spacial score (nSPS) is 18.8. The van der Waals surface area contributed by atoms with Gasteiger partial charge in [-0.1, -0.05) is 0 Å². The fourth-order valence-corrected chi connectivity index (χ4v) is 4.23. The van der Waals surface area contributed by atoms with Gasteiger partial charge in [-0.15, -0.1) is 0 Å². The molecule has 0 unspecified atom stereocenters. The molecular weight excluding hydrogens is 429 g/mol. The maximum atomic E-state index is 13.2. The van der Waals surface area contributed by atoms with Crippen LogP contribution >= 0.6 is 0 Å². The first-order valence-electron chi connectivity index (χ1n) is 9.94. The van der Waals surface area contributed by atoms with E-state index in [1.165, 1.54) is 11.3 Å². The van der Waals surface area contributed by atoms with E-state index in [4.69, 9.17) is 4.74 Å². The molecule has 0 atom stereocenters. The van der Waals surface area contributed by atoms with E-state index >= 15 is 0 Å². The number of amides is 1. The molecule has 4 rings (SSSR count). The molecule has 0 aromatic heterocycles. The van der Waals surface area contributed by atoms with Gasteiger partial charge in [-0.25, -0.2) is 0 Å². The van der Waals surface area contributed by atoms with Gasteiger partial charge in [0.25, 0.3) is 0 Å². The first kappa shape index (κ1) is 19.9. The van der Waals surface area contributed by atoms with Crippen LogP contribution < -0.4 is 9.80 Å². The minimum atomic E-state index is -0.0252. The molecule has 2 aromatic rings. The van der Waals surface area contributed by atoms with Crippen molar-refractivity contribution in [2.75, 3.05) is 43.2 Å². The zero-order chi connectivity index (χ0) is 20.4. The Hall–Kier alpha value is -2.40. The molecule has 2 fully saturated rings. The van der Waals surface area contributed by atoms with E-state index in [0.717, 1.165) is 48.6 Å². The molecule has 2 aliphatic heterocycles. The second-order valence-corrected chi connectivity index (χ2v) is 7.99. The Morgan fingerprint density at radius 2 is 1.62 bits per heavy atom. The summed E-state index contributed by atoms with van der Waals surface area (Å²) in [6.45, 7) is 5.49. The van der Waals surface area contributed by atoms with Crippen LogP contribution in [-0.4, -0.2) is 64.4 Å². The fraction of sp³-hybridized carbons (Fsp3) is 0.304. The molecule has 0 N–H and O–H groups in total. The Kier molecular flexibility index (Phi) is 5.86. The minimum absolute atomic E-state index is 0.0252. The topological polar surface area (TPSA) is 36.0 Å². The number of nitrogens with zero attached hydrogens (tertiary/aromatic N) is 3. The molecule has 2 heterocycles. The van der Waals surface area contributed by atoms with Gasteiger partial charge in [-0.2, -0.15) is 0 Å². The molecule has 0 saturated carbocycles. The van der Waals surface area contributed by atoms with Crippen molar-refractivity contribution >= 4 is 43.6 Å². The molecule has 0 radical (unpaired) electrons. The van der Waals surface area contributed by atoms with E-state index < -0.39 is 0 Å². The van der Waals surface area contributed by atoms with Gasteiger partial charge >= 0.3 is 180 Å². The summed E-state index contributed by atoms with van der Waals surface area (Å²) in [7, 11) is 1.91. The van der Waals surface area contributed by atoms with Crippen LogP contribution in [0.3, 0.4) is 0 Å². The van der Waals surface area contributed by atoms with E-state index in [2.05, 4.69) is 63.8 Å². The number of carbonyl (C=O) groups is 1. The van der Waals surface area contributed by atoms with Gasteiger partial charge < -0.3 is 0 Å². The van der Waals surface area contributed by atoms with Gasteiger partial charge in [0.05, 0.1) is 0 Å². The van der Waals surface area contributed by atoms with Crippen molar-refractivity contribution < 1.29 is 9.53 Å². The van der Waals surface area contributed by atoms with Gasteiger partial charge in [-0.3, -0.25) is 0 Å². The molecular formula is C23H25N3O2Se. The molecule has 29 heavy (non-hydrogen) atoms. The van der Waals surface area contributed by atoms with Crippen LogP contribution in [0.4, 0.5) is 11.4 Å². The van der Waals surface area contributed by atoms with Gasteiger partial charge in [-0.05, 0) is 0 Å². The molecule has 6 heteroatoms. The molecule has 2 aromatic carbocycles. The number of hydrogen-bond donors (Lipinski definition) is 0. The van der Waals surface area contributed by atoms with Crippen LogP contribution in [0.5, 0.6) is 0 Å². The predicted octanol–water partition coefficient (Wildman–Crippen LogP) is 2.66. The van der Waals surface area contributed by atoms with Crippen molar-refractivity contribution in [3.8, 4) is 0 Å². The van der Waals surface area contributed by atoms with E-state index in [9.17, 15) is 4.79 Å². The third kappa shape index (κ3) is 4.01. The monoisotopic (exact) mass is 455 g/mol. The van der Waals surface area contributed by atoms with Crippen LogP contribution in [0.15, 0.2) is 54.2 Å². The average Bonchev–Trinajstić information content (AvgIpc) is 2.98. The number of aryl methyl sites for hydroxylation is 1. The van der Waals surface area contributed by atoms with E-state index in [1.807, 2.05) is 30.2 Å². The summed E-state index contributed by atoms with van der Waals surface area (Å²) in [5.41, 5.74) is 4.98. The Balaban J connectivity index is 1.56. The van der Waals surface area contributed by atoms with Crippen molar-refractivity contribution in [1.29, 1.82) is 0 Å². The third-order valence-electron chi connectivity index (χ3n) is 5.44. The number of benzene rings is 2. The van der Waals surface area contributed by atoms with Crippen LogP contribution in [0.25, 0.3) is 6.08 Å². The molecule has 150 valence electrons. The van der Waals surface area contributed by atoms with Crippen molar-refractivity contribution in [2.45, 2.75) is 13.3 Å². The SMILES string of the molecule is CCc1ccc(N2C(=O)/C(=C\c3ccc(N4CCOCC4)cc3)N(C)C2=[Se])cc1. The Morgan fingerprint density at radius 3 is 2.24 bits per heavy atom. The summed E-state index contributed by atoms with van der Waals surface area (Å²) in [4.78, 5) is 19.1. The Labute approximate surface area is 179 Å². The Morgan fingerprint density at radius 1 is 1.00 bits per heavy atom. The number of hydrogen-bond acceptors (Lipinski definition) is 4. The number of rotatable bonds is 4. The summed E-state index contributed by atoms with van der Waals surface area (Å²) in [5, 5.41) is 0. The van der Waals surface area contributed by atoms with Gasteiger partial charge in [0.2, 0.25) is 0 Å². The number of anilines is 2.